The van der Waals surface area contributed by atoms with Gasteiger partial charge in [-0.25, -0.2) is 22.8 Å². The molecule has 3 rings (SSSR count). The molecule has 0 aliphatic rings. The maximum Gasteiger partial charge on any atom is 0.266 e. The fourth-order valence-corrected chi connectivity index (χ4v) is 1.98. The standard InChI is InChI=1S/C13H11F3N6/c14-11-5-9(1-2-10(11)12(15)16)22-7-8(19-20-22)6-21-4-3-18-13(21)17/h1-5,7,12H,6H2,(H2,17,18). The molecule has 0 spiro atoms. The van der Waals surface area contributed by atoms with Gasteiger partial charge in [0, 0.05) is 18.5 Å². The van der Waals surface area contributed by atoms with Gasteiger partial charge in [-0.3, -0.25) is 0 Å². The lowest BCUT2D eigenvalue weighted by Gasteiger charge is -2.04. The average molecular weight is 308 g/mol. The second-order valence-corrected chi connectivity index (χ2v) is 4.57. The summed E-state index contributed by atoms with van der Waals surface area (Å²) >= 11 is 0. The van der Waals surface area contributed by atoms with Crippen LogP contribution in [0.2, 0.25) is 0 Å². The third-order valence-electron chi connectivity index (χ3n) is 3.10. The van der Waals surface area contributed by atoms with Crippen molar-refractivity contribution in [2.45, 2.75) is 13.0 Å². The first kappa shape index (κ1) is 14.1. The number of nitrogens with zero attached hydrogens (tertiary/aromatic N) is 5. The van der Waals surface area contributed by atoms with Crippen molar-refractivity contribution in [3.8, 4) is 5.69 Å². The first-order valence-electron chi connectivity index (χ1n) is 6.30. The van der Waals surface area contributed by atoms with E-state index in [-0.39, 0.29) is 0 Å². The first-order chi connectivity index (χ1) is 10.5. The van der Waals surface area contributed by atoms with Crippen LogP contribution in [0.3, 0.4) is 0 Å². The lowest BCUT2D eigenvalue weighted by Crippen LogP contribution is -2.03. The molecule has 2 heterocycles. The van der Waals surface area contributed by atoms with Gasteiger partial charge in [0.15, 0.2) is 5.95 Å². The van der Waals surface area contributed by atoms with Crippen LogP contribution in [-0.4, -0.2) is 24.5 Å². The van der Waals surface area contributed by atoms with Crippen LogP contribution < -0.4 is 5.73 Å². The molecule has 0 unspecified atom stereocenters. The lowest BCUT2D eigenvalue weighted by molar-refractivity contribution is 0.146. The number of hydrogen-bond donors (Lipinski definition) is 1. The minimum Gasteiger partial charge on any atom is -0.369 e. The monoisotopic (exact) mass is 308 g/mol. The Hall–Kier alpha value is -2.84. The van der Waals surface area contributed by atoms with Crippen LogP contribution in [0, 0.1) is 5.82 Å². The Morgan fingerprint density at radius 3 is 2.73 bits per heavy atom. The number of halogens is 3. The fourth-order valence-electron chi connectivity index (χ4n) is 1.98. The summed E-state index contributed by atoms with van der Waals surface area (Å²) in [6, 6.07) is 3.38. The zero-order valence-electron chi connectivity index (χ0n) is 11.2. The molecule has 0 aliphatic carbocycles. The van der Waals surface area contributed by atoms with E-state index < -0.39 is 17.8 Å². The zero-order valence-corrected chi connectivity index (χ0v) is 11.2. The van der Waals surface area contributed by atoms with E-state index in [9.17, 15) is 13.2 Å². The number of rotatable bonds is 4. The van der Waals surface area contributed by atoms with Gasteiger partial charge in [0.05, 0.1) is 24.0 Å². The molecule has 0 saturated heterocycles. The molecule has 0 saturated carbocycles. The van der Waals surface area contributed by atoms with Gasteiger partial charge in [0.2, 0.25) is 0 Å². The Morgan fingerprint density at radius 1 is 1.27 bits per heavy atom. The van der Waals surface area contributed by atoms with Crippen molar-refractivity contribution >= 4 is 5.95 Å². The van der Waals surface area contributed by atoms with Gasteiger partial charge >= 0.3 is 0 Å². The number of anilines is 1. The molecule has 0 aliphatic heterocycles. The van der Waals surface area contributed by atoms with Crippen LogP contribution in [0.1, 0.15) is 17.7 Å². The average Bonchev–Trinajstić information content (AvgIpc) is 3.09. The van der Waals surface area contributed by atoms with Crippen molar-refractivity contribution in [1.29, 1.82) is 0 Å². The first-order valence-corrected chi connectivity index (χ1v) is 6.30. The molecule has 0 fully saturated rings. The van der Waals surface area contributed by atoms with Gasteiger partial charge in [-0.1, -0.05) is 5.21 Å². The molecule has 0 radical (unpaired) electrons. The smallest absolute Gasteiger partial charge is 0.266 e. The van der Waals surface area contributed by atoms with Gasteiger partial charge in [-0.2, -0.15) is 0 Å². The van der Waals surface area contributed by atoms with E-state index in [4.69, 9.17) is 5.73 Å². The van der Waals surface area contributed by atoms with Crippen molar-refractivity contribution < 1.29 is 13.2 Å². The van der Waals surface area contributed by atoms with E-state index in [2.05, 4.69) is 15.3 Å². The molecule has 3 aromatic rings. The normalized spacial score (nSPS) is 11.3. The van der Waals surface area contributed by atoms with Gasteiger partial charge < -0.3 is 10.3 Å². The fraction of sp³-hybridized carbons (Fsp3) is 0.154. The highest BCUT2D eigenvalue weighted by Crippen LogP contribution is 2.23. The van der Waals surface area contributed by atoms with Gasteiger partial charge in [0.1, 0.15) is 11.5 Å². The van der Waals surface area contributed by atoms with Crippen molar-refractivity contribution in [3.05, 3.63) is 53.9 Å². The highest BCUT2D eigenvalue weighted by atomic mass is 19.3. The summed E-state index contributed by atoms with van der Waals surface area (Å²) in [5, 5.41) is 7.78. The van der Waals surface area contributed by atoms with Gasteiger partial charge in [-0.05, 0) is 12.1 Å². The van der Waals surface area contributed by atoms with Gasteiger partial charge in [0.25, 0.3) is 6.43 Å². The molecular formula is C13H11F3N6. The van der Waals surface area contributed by atoms with E-state index in [1.54, 1.807) is 23.2 Å². The van der Waals surface area contributed by atoms with E-state index >= 15 is 0 Å². The minimum absolute atomic E-state index is 0.305. The Kier molecular flexibility index (Phi) is 3.53. The molecule has 2 aromatic heterocycles. The predicted molar refractivity (Wildman–Crippen MR) is 72.0 cm³/mol. The SMILES string of the molecule is Nc1nccn1Cc1cn(-c2ccc(C(F)F)c(F)c2)nn1. The highest BCUT2D eigenvalue weighted by Gasteiger charge is 2.14. The summed E-state index contributed by atoms with van der Waals surface area (Å²) in [4.78, 5) is 3.88. The Bertz CT molecular complexity index is 795. The molecule has 0 amide bonds. The molecule has 6 nitrogen and oxygen atoms in total. The van der Waals surface area contributed by atoms with E-state index in [1.807, 2.05) is 0 Å². The van der Waals surface area contributed by atoms with Crippen LogP contribution in [0.25, 0.3) is 5.69 Å². The number of aromatic nitrogens is 5. The summed E-state index contributed by atoms with van der Waals surface area (Å²) in [6.45, 7) is 0.351. The molecule has 9 heteroatoms. The molecule has 1 aromatic carbocycles. The second kappa shape index (κ2) is 5.51. The number of hydrogen-bond acceptors (Lipinski definition) is 4. The van der Waals surface area contributed by atoms with Crippen LogP contribution in [0.15, 0.2) is 36.8 Å². The van der Waals surface area contributed by atoms with Gasteiger partial charge in [-0.15, -0.1) is 5.10 Å². The topological polar surface area (TPSA) is 74.5 Å². The van der Waals surface area contributed by atoms with Crippen LogP contribution >= 0.6 is 0 Å². The molecule has 22 heavy (non-hydrogen) atoms. The summed E-state index contributed by atoms with van der Waals surface area (Å²) in [5.41, 5.74) is 5.88. The van der Waals surface area contributed by atoms with Crippen molar-refractivity contribution in [2.75, 3.05) is 5.73 Å². The molecule has 114 valence electrons. The van der Waals surface area contributed by atoms with Crippen molar-refractivity contribution in [3.63, 3.8) is 0 Å². The molecule has 2 N–H and O–H groups in total. The number of nitrogen functional groups attached to an aromatic ring is 1. The van der Waals surface area contributed by atoms with E-state index in [1.165, 1.54) is 10.7 Å². The van der Waals surface area contributed by atoms with Crippen LogP contribution in [-0.2, 0) is 6.54 Å². The summed E-state index contributed by atoms with van der Waals surface area (Å²) < 4.78 is 41.6. The van der Waals surface area contributed by atoms with Crippen LogP contribution in [0.5, 0.6) is 0 Å². The number of alkyl halides is 2. The lowest BCUT2D eigenvalue weighted by atomic mass is 10.2. The summed E-state index contributed by atoms with van der Waals surface area (Å²) in [5.74, 6) is -0.648. The largest absolute Gasteiger partial charge is 0.369 e. The second-order valence-electron chi connectivity index (χ2n) is 4.57. The number of nitrogens with two attached hydrogens (primary N) is 1. The maximum atomic E-state index is 13.6. The molecule has 0 atom stereocenters. The quantitative estimate of drug-likeness (QED) is 0.801. The zero-order chi connectivity index (χ0) is 15.7. The van der Waals surface area contributed by atoms with Crippen molar-refractivity contribution in [2.24, 2.45) is 0 Å². The maximum absolute atomic E-state index is 13.6. The summed E-state index contributed by atoms with van der Waals surface area (Å²) in [7, 11) is 0. The Labute approximate surface area is 123 Å². The predicted octanol–water partition coefficient (Wildman–Crippen LogP) is 2.17. The molecular weight excluding hydrogens is 297 g/mol. The van der Waals surface area contributed by atoms with Crippen LogP contribution in [0.4, 0.5) is 19.1 Å². The van der Waals surface area contributed by atoms with Crippen molar-refractivity contribution in [1.82, 2.24) is 24.5 Å². The summed E-state index contributed by atoms with van der Waals surface area (Å²) in [6.07, 6.45) is 1.95. The third kappa shape index (κ3) is 2.65. The molecule has 0 bridgehead atoms. The third-order valence-corrected chi connectivity index (χ3v) is 3.10. The number of benzene rings is 1. The van der Waals surface area contributed by atoms with E-state index in [0.717, 1.165) is 12.1 Å². The minimum atomic E-state index is -2.86. The highest BCUT2D eigenvalue weighted by molar-refractivity contribution is 5.35. The Balaban J connectivity index is 1.85. The van der Waals surface area contributed by atoms with E-state index in [0.29, 0.717) is 23.9 Å². The number of imidazole rings is 1. The Morgan fingerprint density at radius 2 is 2.09 bits per heavy atom.